The molecule has 162 valence electrons. The van der Waals surface area contributed by atoms with Crippen LogP contribution in [0.25, 0.3) is 16.8 Å². The summed E-state index contributed by atoms with van der Waals surface area (Å²) in [6.45, 7) is 0. The average Bonchev–Trinajstić information content (AvgIpc) is 3.44. The van der Waals surface area contributed by atoms with Gasteiger partial charge in [0.15, 0.2) is 0 Å². The van der Waals surface area contributed by atoms with Crippen LogP contribution in [0.1, 0.15) is 24.3 Å². The van der Waals surface area contributed by atoms with Crippen LogP contribution in [0.15, 0.2) is 115 Å². The van der Waals surface area contributed by atoms with Crippen LogP contribution in [0.4, 0.5) is 15.1 Å². The van der Waals surface area contributed by atoms with Crippen molar-refractivity contribution in [2.24, 2.45) is 0 Å². The maximum atomic E-state index is 13.3. The second kappa shape index (κ2) is 8.57. The Labute approximate surface area is 207 Å². The second-order valence-corrected chi connectivity index (χ2v) is 11.2. The number of anilines is 3. The van der Waals surface area contributed by atoms with Gasteiger partial charge in [0.25, 0.3) is 0 Å². The van der Waals surface area contributed by atoms with E-state index in [1.807, 2.05) is 72.8 Å². The van der Waals surface area contributed by atoms with Crippen molar-refractivity contribution in [3.05, 3.63) is 129 Å². The number of hydrogen-bond acceptors (Lipinski definition) is 3. The van der Waals surface area contributed by atoms with Crippen molar-refractivity contribution in [1.82, 2.24) is 0 Å². The first-order chi connectivity index (χ1) is 16.7. The van der Waals surface area contributed by atoms with Crippen LogP contribution in [-0.2, 0) is 0 Å². The summed E-state index contributed by atoms with van der Waals surface area (Å²) in [5.74, 6) is -0.336. The van der Waals surface area contributed by atoms with Gasteiger partial charge in [-0.25, -0.2) is 0 Å². The average molecular weight is 553 g/mol. The van der Waals surface area contributed by atoms with Crippen molar-refractivity contribution in [3.63, 3.8) is 0 Å². The van der Waals surface area contributed by atoms with Gasteiger partial charge in [0.1, 0.15) is 0 Å². The number of benzene rings is 4. The van der Waals surface area contributed by atoms with E-state index in [9.17, 15) is 9.59 Å². The molecule has 0 saturated carbocycles. The zero-order chi connectivity index (χ0) is 23.1. The van der Waals surface area contributed by atoms with E-state index in [1.165, 1.54) is 3.70 Å². The Kier molecular flexibility index (Phi) is 5.26. The number of para-hydroxylation sites is 2. The third kappa shape index (κ3) is 3.53. The Morgan fingerprint density at radius 3 is 1.97 bits per heavy atom. The summed E-state index contributed by atoms with van der Waals surface area (Å²) < 4.78 is 2.29. The molecule has 1 aliphatic carbocycles. The van der Waals surface area contributed by atoms with Crippen molar-refractivity contribution < 1.29 is 9.59 Å². The quantitative estimate of drug-likeness (QED) is 0.139. The topological polar surface area (TPSA) is 37.4 Å². The van der Waals surface area contributed by atoms with E-state index in [-0.39, 0.29) is 17.1 Å². The normalized spacial score (nSPS) is 14.1. The molecular formula is C30H19NO2Te. The molecule has 1 aromatic heterocycles. The van der Waals surface area contributed by atoms with Gasteiger partial charge in [-0.15, -0.1) is 0 Å². The minimum absolute atomic E-state index is 0.165. The van der Waals surface area contributed by atoms with Crippen LogP contribution in [0.2, 0.25) is 0 Å². The van der Waals surface area contributed by atoms with Gasteiger partial charge in [0, 0.05) is 0 Å². The summed E-state index contributed by atoms with van der Waals surface area (Å²) in [7, 11) is 0. The maximum absolute atomic E-state index is 13.3. The van der Waals surface area contributed by atoms with E-state index in [0.717, 1.165) is 25.7 Å². The number of fused-ring (bicyclic) bond motifs is 3. The van der Waals surface area contributed by atoms with Gasteiger partial charge >= 0.3 is 208 Å². The molecule has 3 nitrogen and oxygen atoms in total. The molecule has 1 heterocycles. The van der Waals surface area contributed by atoms with E-state index in [4.69, 9.17) is 0 Å². The number of Topliss-reactive ketones (excluding diaryl/α,β-unsaturated/α-hetero) is 2. The van der Waals surface area contributed by atoms with Crippen molar-refractivity contribution in [2.75, 3.05) is 4.90 Å². The molecule has 4 aromatic carbocycles. The van der Waals surface area contributed by atoms with Gasteiger partial charge in [-0.3, -0.25) is 0 Å². The van der Waals surface area contributed by atoms with E-state index >= 15 is 0 Å². The first-order valence-electron chi connectivity index (χ1n) is 11.0. The standard InChI is InChI=1S/C30H19NO2Te/c32-29-25-17-15-20-9-7-8-14-24(20)28(25)30(33)26(29)19-23-16-18-27(34-23)31(21-10-3-1-4-11-21)22-12-5-2-6-13-22/h1-19H/b26-19-. The molecule has 0 N–H and O–H groups in total. The summed E-state index contributed by atoms with van der Waals surface area (Å²) >= 11 is -0.804. The molecule has 0 aliphatic heterocycles. The second-order valence-electron chi connectivity index (χ2n) is 8.11. The monoisotopic (exact) mass is 555 g/mol. The van der Waals surface area contributed by atoms with E-state index < -0.39 is 20.4 Å². The summed E-state index contributed by atoms with van der Waals surface area (Å²) in [6, 6.07) is 36.2. The van der Waals surface area contributed by atoms with Gasteiger partial charge in [-0.2, -0.15) is 0 Å². The summed E-state index contributed by atoms with van der Waals surface area (Å²) in [6.07, 6.45) is 1.83. The Bertz CT molecular complexity index is 1540. The predicted octanol–water partition coefficient (Wildman–Crippen LogP) is 6.83. The van der Waals surface area contributed by atoms with Gasteiger partial charge in [-0.1, -0.05) is 0 Å². The minimum atomic E-state index is -0.804. The first-order valence-corrected chi connectivity index (χ1v) is 13.4. The molecule has 6 rings (SSSR count). The molecular weight excluding hydrogens is 534 g/mol. The number of carbonyl (C=O) groups is 2. The van der Waals surface area contributed by atoms with E-state index in [0.29, 0.717) is 11.1 Å². The fourth-order valence-electron chi connectivity index (χ4n) is 4.46. The Morgan fingerprint density at radius 1 is 0.618 bits per heavy atom. The number of carbonyl (C=O) groups excluding carboxylic acids is 2. The molecule has 0 spiro atoms. The summed E-state index contributed by atoms with van der Waals surface area (Å²) in [4.78, 5) is 28.8. The molecule has 5 aromatic rings. The predicted molar refractivity (Wildman–Crippen MR) is 139 cm³/mol. The van der Waals surface area contributed by atoms with E-state index in [1.54, 1.807) is 6.07 Å². The molecule has 0 atom stereocenters. The molecule has 0 amide bonds. The number of rotatable bonds is 4. The Morgan fingerprint density at radius 2 is 1.26 bits per heavy atom. The summed E-state index contributed by atoms with van der Waals surface area (Å²) in [5.41, 5.74) is 3.52. The Hall–Kier alpha value is -3.71. The molecule has 34 heavy (non-hydrogen) atoms. The van der Waals surface area contributed by atoms with Crippen molar-refractivity contribution in [1.29, 1.82) is 0 Å². The van der Waals surface area contributed by atoms with Gasteiger partial charge in [-0.05, 0) is 0 Å². The SMILES string of the molecule is O=C1/C(=C/c2ccc(N(c3ccccc3)c3ccccc3)[te]2)C(=O)c2c1ccc1ccccc21. The molecule has 0 saturated heterocycles. The van der Waals surface area contributed by atoms with Crippen LogP contribution in [0.3, 0.4) is 0 Å². The van der Waals surface area contributed by atoms with E-state index in [2.05, 4.69) is 41.3 Å². The fourth-order valence-corrected chi connectivity index (χ4v) is 7.29. The number of allylic oxidation sites excluding steroid dienone is 1. The van der Waals surface area contributed by atoms with Crippen molar-refractivity contribution in [2.45, 2.75) is 0 Å². The van der Waals surface area contributed by atoms with Crippen LogP contribution in [0, 0.1) is 0 Å². The molecule has 0 radical (unpaired) electrons. The van der Waals surface area contributed by atoms with Crippen molar-refractivity contribution >= 4 is 63.9 Å². The van der Waals surface area contributed by atoms with Crippen LogP contribution in [0.5, 0.6) is 0 Å². The number of ketones is 2. The molecule has 0 unspecified atom stereocenters. The summed E-state index contributed by atoms with van der Waals surface area (Å²) in [5, 5.41) is 1.82. The van der Waals surface area contributed by atoms with Gasteiger partial charge in [0.2, 0.25) is 0 Å². The van der Waals surface area contributed by atoms with Crippen molar-refractivity contribution in [3.8, 4) is 0 Å². The zero-order valence-corrected chi connectivity index (χ0v) is 20.5. The fraction of sp³-hybridized carbons (Fsp3) is 0. The number of hydrogen-bond donors (Lipinski definition) is 0. The first kappa shape index (κ1) is 20.9. The molecule has 4 heteroatoms. The van der Waals surface area contributed by atoms with Gasteiger partial charge < -0.3 is 0 Å². The third-order valence-corrected chi connectivity index (χ3v) is 8.94. The van der Waals surface area contributed by atoms with Gasteiger partial charge in [0.05, 0.1) is 0 Å². The molecule has 1 aliphatic rings. The molecule has 0 bridgehead atoms. The van der Waals surface area contributed by atoms with Crippen LogP contribution >= 0.6 is 0 Å². The third-order valence-electron chi connectivity index (χ3n) is 6.04. The number of nitrogens with zero attached hydrogens (tertiary/aromatic N) is 1. The van der Waals surface area contributed by atoms with Crippen LogP contribution < -0.4 is 4.90 Å². The molecule has 0 fully saturated rings. The Balaban J connectivity index is 1.41. The van der Waals surface area contributed by atoms with Crippen LogP contribution in [-0.4, -0.2) is 32.0 Å². The zero-order valence-electron chi connectivity index (χ0n) is 18.1.